The number of aromatic amines is 1. The van der Waals surface area contributed by atoms with Gasteiger partial charge >= 0.3 is 0 Å². The van der Waals surface area contributed by atoms with Crippen LogP contribution in [-0.2, 0) is 4.79 Å². The number of nitrogens with zero attached hydrogens (tertiary/aromatic N) is 4. The third-order valence-electron chi connectivity index (χ3n) is 5.51. The third kappa shape index (κ3) is 2.43. The number of H-pyrrole nitrogens is 1. The molecule has 4 rings (SSSR count). The number of rotatable bonds is 2. The highest BCUT2D eigenvalue weighted by Gasteiger charge is 2.44. The monoisotopic (exact) mass is 328 g/mol. The van der Waals surface area contributed by atoms with Crippen LogP contribution in [0.25, 0.3) is 11.0 Å². The summed E-state index contributed by atoms with van der Waals surface area (Å²) in [7, 11) is 0. The molecule has 1 atom stereocenters. The van der Waals surface area contributed by atoms with Crippen molar-refractivity contribution in [2.75, 3.05) is 31.1 Å². The fraction of sp³-hybridized carbons (Fsp3) is 0.588. The summed E-state index contributed by atoms with van der Waals surface area (Å²) in [5.74, 6) is 1.04. The normalized spacial score (nSPS) is 24.7. The largest absolute Gasteiger partial charge is 0.354 e. The molecule has 0 radical (unpaired) electrons. The average molecular weight is 328 g/mol. The van der Waals surface area contributed by atoms with Gasteiger partial charge in [-0.1, -0.05) is 0 Å². The molecule has 24 heavy (non-hydrogen) atoms. The van der Waals surface area contributed by atoms with E-state index in [-0.39, 0.29) is 18.0 Å². The van der Waals surface area contributed by atoms with Crippen LogP contribution in [0.1, 0.15) is 32.1 Å². The Hall–Kier alpha value is -2.15. The summed E-state index contributed by atoms with van der Waals surface area (Å²) in [4.78, 5) is 28.8. The molecule has 0 aliphatic carbocycles. The van der Waals surface area contributed by atoms with Crippen molar-refractivity contribution in [3.8, 4) is 0 Å². The van der Waals surface area contributed by atoms with Gasteiger partial charge in [-0.25, -0.2) is 9.97 Å². The molecule has 2 fully saturated rings. The maximum atomic E-state index is 12.4. The van der Waals surface area contributed by atoms with Crippen LogP contribution < -0.4 is 10.6 Å². The van der Waals surface area contributed by atoms with Crippen LogP contribution in [0.15, 0.2) is 18.6 Å². The minimum atomic E-state index is -0.0967. The molecule has 0 saturated carbocycles. The first kappa shape index (κ1) is 15.4. The lowest BCUT2D eigenvalue weighted by Gasteiger charge is -2.52. The summed E-state index contributed by atoms with van der Waals surface area (Å²) < 4.78 is 0. The van der Waals surface area contributed by atoms with Gasteiger partial charge in [0.15, 0.2) is 0 Å². The molecule has 2 aliphatic heterocycles. The molecule has 7 nitrogen and oxygen atoms in total. The smallest absolute Gasteiger partial charge is 0.236 e. The van der Waals surface area contributed by atoms with E-state index in [4.69, 9.17) is 5.73 Å². The fourth-order valence-corrected chi connectivity index (χ4v) is 4.42. The van der Waals surface area contributed by atoms with Crippen LogP contribution in [0.4, 0.5) is 5.82 Å². The number of aromatic nitrogens is 3. The van der Waals surface area contributed by atoms with E-state index in [1.807, 2.05) is 12.3 Å². The van der Waals surface area contributed by atoms with Crippen LogP contribution >= 0.6 is 0 Å². The summed E-state index contributed by atoms with van der Waals surface area (Å²) in [5, 5.41) is 1.04. The molecule has 1 unspecified atom stereocenters. The molecule has 1 amide bonds. The molecule has 128 valence electrons. The number of piperidine rings is 2. The van der Waals surface area contributed by atoms with Crippen LogP contribution in [0.2, 0.25) is 0 Å². The molecule has 1 spiro atoms. The van der Waals surface area contributed by atoms with Crippen molar-refractivity contribution >= 4 is 22.8 Å². The SMILES string of the molecule is NCC(=O)N1CCCCC12CCCN(c1ncnc3[nH]ccc13)C2. The van der Waals surface area contributed by atoms with Gasteiger partial charge in [-0.15, -0.1) is 0 Å². The highest BCUT2D eigenvalue weighted by atomic mass is 16.2. The first-order valence-corrected chi connectivity index (χ1v) is 8.77. The van der Waals surface area contributed by atoms with Crippen LogP contribution in [0.3, 0.4) is 0 Å². The number of anilines is 1. The van der Waals surface area contributed by atoms with E-state index >= 15 is 0 Å². The number of nitrogens with two attached hydrogens (primary N) is 1. The summed E-state index contributed by atoms with van der Waals surface area (Å²) >= 11 is 0. The molecule has 0 bridgehead atoms. The zero-order valence-corrected chi connectivity index (χ0v) is 13.9. The quantitative estimate of drug-likeness (QED) is 0.866. The van der Waals surface area contributed by atoms with Gasteiger partial charge in [0.1, 0.15) is 17.8 Å². The lowest BCUT2D eigenvalue weighted by atomic mass is 9.79. The number of fused-ring (bicyclic) bond motifs is 1. The van der Waals surface area contributed by atoms with Gasteiger partial charge in [-0.2, -0.15) is 0 Å². The molecular formula is C17H24N6O. The number of hydrogen-bond donors (Lipinski definition) is 2. The summed E-state index contributed by atoms with van der Waals surface area (Å²) in [6.07, 6.45) is 8.92. The summed E-state index contributed by atoms with van der Waals surface area (Å²) in [6.45, 7) is 2.71. The minimum Gasteiger partial charge on any atom is -0.354 e. The van der Waals surface area contributed by atoms with E-state index in [1.54, 1.807) is 6.33 Å². The average Bonchev–Trinajstić information content (AvgIpc) is 3.10. The Balaban J connectivity index is 1.67. The van der Waals surface area contributed by atoms with Gasteiger partial charge in [0.2, 0.25) is 5.91 Å². The molecule has 0 aromatic carbocycles. The summed E-state index contributed by atoms with van der Waals surface area (Å²) in [5.41, 5.74) is 6.43. The lowest BCUT2D eigenvalue weighted by Crippen LogP contribution is -2.63. The van der Waals surface area contributed by atoms with E-state index < -0.39 is 0 Å². The number of nitrogens with one attached hydrogen (secondary N) is 1. The zero-order chi connectivity index (χ0) is 16.6. The topological polar surface area (TPSA) is 91.1 Å². The Labute approximate surface area is 141 Å². The molecule has 2 aromatic rings. The van der Waals surface area contributed by atoms with Gasteiger partial charge in [0, 0.05) is 25.8 Å². The van der Waals surface area contributed by atoms with Gasteiger partial charge in [-0.3, -0.25) is 4.79 Å². The van der Waals surface area contributed by atoms with Crippen molar-refractivity contribution in [2.45, 2.75) is 37.6 Å². The fourth-order valence-electron chi connectivity index (χ4n) is 4.42. The Bertz CT molecular complexity index is 740. The van der Waals surface area contributed by atoms with E-state index in [2.05, 4.69) is 24.8 Å². The van der Waals surface area contributed by atoms with Gasteiger partial charge in [0.25, 0.3) is 0 Å². The van der Waals surface area contributed by atoms with E-state index in [9.17, 15) is 4.79 Å². The van der Waals surface area contributed by atoms with Crippen molar-refractivity contribution in [1.82, 2.24) is 19.9 Å². The minimum absolute atomic E-state index is 0.0750. The molecule has 3 N–H and O–H groups in total. The third-order valence-corrected chi connectivity index (χ3v) is 5.51. The maximum absolute atomic E-state index is 12.4. The van der Waals surface area contributed by atoms with E-state index in [1.165, 1.54) is 6.42 Å². The number of carbonyl (C=O) groups is 1. The van der Waals surface area contributed by atoms with Gasteiger partial charge in [-0.05, 0) is 38.2 Å². The predicted octanol–water partition coefficient (Wildman–Crippen LogP) is 1.27. The first-order valence-electron chi connectivity index (χ1n) is 8.77. The molecular weight excluding hydrogens is 304 g/mol. The number of hydrogen-bond acceptors (Lipinski definition) is 5. The molecule has 4 heterocycles. The summed E-state index contributed by atoms with van der Waals surface area (Å²) in [6, 6.07) is 2.02. The lowest BCUT2D eigenvalue weighted by molar-refractivity contribution is -0.139. The molecule has 7 heteroatoms. The van der Waals surface area contributed by atoms with E-state index in [0.717, 1.165) is 62.2 Å². The highest BCUT2D eigenvalue weighted by molar-refractivity contribution is 5.87. The zero-order valence-electron chi connectivity index (χ0n) is 13.9. The second kappa shape index (κ2) is 6.05. The van der Waals surface area contributed by atoms with Crippen molar-refractivity contribution < 1.29 is 4.79 Å². The highest BCUT2D eigenvalue weighted by Crippen LogP contribution is 2.38. The van der Waals surface area contributed by atoms with Gasteiger partial charge < -0.3 is 20.5 Å². The van der Waals surface area contributed by atoms with Gasteiger partial charge in [0.05, 0.1) is 17.5 Å². The Kier molecular flexibility index (Phi) is 3.88. The van der Waals surface area contributed by atoms with Crippen molar-refractivity contribution in [1.29, 1.82) is 0 Å². The van der Waals surface area contributed by atoms with E-state index in [0.29, 0.717) is 0 Å². The molecule has 2 aliphatic rings. The molecule has 2 saturated heterocycles. The second-order valence-electron chi connectivity index (χ2n) is 6.89. The van der Waals surface area contributed by atoms with Crippen molar-refractivity contribution in [3.05, 3.63) is 18.6 Å². The number of likely N-dealkylation sites (tertiary alicyclic amines) is 1. The second-order valence-corrected chi connectivity index (χ2v) is 6.89. The predicted molar refractivity (Wildman–Crippen MR) is 92.7 cm³/mol. The van der Waals surface area contributed by atoms with Crippen molar-refractivity contribution in [3.63, 3.8) is 0 Å². The standard InChI is InChI=1S/C17H24N6O/c18-10-14(24)23-9-2-1-5-17(23)6-3-8-22(11-17)16-13-4-7-19-15(13)20-12-21-16/h4,7,12H,1-3,5-6,8-11,18H2,(H,19,20,21). The van der Waals surface area contributed by atoms with Crippen LogP contribution in [-0.4, -0.2) is 57.5 Å². The number of carbonyl (C=O) groups excluding carboxylic acids is 1. The van der Waals surface area contributed by atoms with Crippen LogP contribution in [0.5, 0.6) is 0 Å². The van der Waals surface area contributed by atoms with Crippen molar-refractivity contribution in [2.24, 2.45) is 5.73 Å². The first-order chi connectivity index (χ1) is 11.7. The maximum Gasteiger partial charge on any atom is 0.236 e. The molecule has 2 aromatic heterocycles. The Morgan fingerprint density at radius 2 is 2.12 bits per heavy atom. The number of amides is 1. The van der Waals surface area contributed by atoms with Crippen LogP contribution in [0, 0.1) is 0 Å². The Morgan fingerprint density at radius 1 is 1.25 bits per heavy atom. The Morgan fingerprint density at radius 3 is 3.00 bits per heavy atom.